The van der Waals surface area contributed by atoms with E-state index >= 15 is 0 Å². The molecule has 1 aliphatic rings. The summed E-state index contributed by atoms with van der Waals surface area (Å²) in [5.74, 6) is 1.01. The molecule has 17 heavy (non-hydrogen) atoms. The highest BCUT2D eigenvalue weighted by Crippen LogP contribution is 2.26. The minimum Gasteiger partial charge on any atom is -0.295 e. The van der Waals surface area contributed by atoms with Gasteiger partial charge in [-0.15, -0.1) is 0 Å². The van der Waals surface area contributed by atoms with Gasteiger partial charge in [0.2, 0.25) is 0 Å². The first kappa shape index (κ1) is 13.9. The third-order valence-corrected chi connectivity index (χ3v) is 3.22. The summed E-state index contributed by atoms with van der Waals surface area (Å²) in [4.78, 5) is 23.3. The van der Waals surface area contributed by atoms with Crippen LogP contribution >= 0.6 is 0 Å². The molecule has 1 atom stereocenters. The van der Waals surface area contributed by atoms with E-state index in [4.69, 9.17) is 0 Å². The summed E-state index contributed by atoms with van der Waals surface area (Å²) in [6, 6.07) is 0. The van der Waals surface area contributed by atoms with Crippen molar-refractivity contribution in [2.24, 2.45) is 11.8 Å². The van der Waals surface area contributed by atoms with E-state index in [0.717, 1.165) is 17.6 Å². The molecule has 0 fully saturated rings. The summed E-state index contributed by atoms with van der Waals surface area (Å²) in [7, 11) is 0. The van der Waals surface area contributed by atoms with Crippen molar-refractivity contribution in [1.82, 2.24) is 0 Å². The van der Waals surface area contributed by atoms with Gasteiger partial charge in [0.05, 0.1) is 0 Å². The predicted octanol–water partition coefficient (Wildman–Crippen LogP) is 3.47. The lowest BCUT2D eigenvalue weighted by Gasteiger charge is -2.20. The van der Waals surface area contributed by atoms with E-state index in [9.17, 15) is 9.59 Å². The molecule has 1 aliphatic carbocycles. The lowest BCUT2D eigenvalue weighted by molar-refractivity contribution is -0.117. The van der Waals surface area contributed by atoms with Crippen LogP contribution < -0.4 is 0 Å². The standard InChI is InChI=1S/C15H22O2/c1-10(2)7-14(16)8-12(4)13-6-5-11(3)15(17)9-13/h5,8,10,13H,6-7,9H2,1-4H3. The van der Waals surface area contributed by atoms with Crippen LogP contribution in [0.25, 0.3) is 0 Å². The molecule has 0 radical (unpaired) electrons. The second-order valence-electron chi connectivity index (χ2n) is 5.40. The molecule has 0 amide bonds. The van der Waals surface area contributed by atoms with E-state index in [1.165, 1.54) is 0 Å². The van der Waals surface area contributed by atoms with Crippen LogP contribution in [0.2, 0.25) is 0 Å². The van der Waals surface area contributed by atoms with Crippen molar-refractivity contribution < 1.29 is 9.59 Å². The summed E-state index contributed by atoms with van der Waals surface area (Å²) >= 11 is 0. The summed E-state index contributed by atoms with van der Waals surface area (Å²) in [5.41, 5.74) is 1.91. The van der Waals surface area contributed by atoms with Crippen molar-refractivity contribution in [3.05, 3.63) is 23.3 Å². The minimum atomic E-state index is 0.177. The lowest BCUT2D eigenvalue weighted by atomic mass is 9.84. The molecular weight excluding hydrogens is 212 g/mol. The molecule has 0 saturated carbocycles. The van der Waals surface area contributed by atoms with Crippen molar-refractivity contribution in [3.63, 3.8) is 0 Å². The zero-order valence-corrected chi connectivity index (χ0v) is 11.2. The van der Waals surface area contributed by atoms with Crippen molar-refractivity contribution in [3.8, 4) is 0 Å². The SMILES string of the molecule is CC1=CCC(C(C)=CC(=O)CC(C)C)CC1=O. The second-order valence-corrected chi connectivity index (χ2v) is 5.40. The zero-order chi connectivity index (χ0) is 13.0. The molecule has 1 unspecified atom stereocenters. The zero-order valence-electron chi connectivity index (χ0n) is 11.2. The number of ketones is 2. The Kier molecular flexibility index (Phi) is 4.86. The minimum absolute atomic E-state index is 0.177. The largest absolute Gasteiger partial charge is 0.295 e. The van der Waals surface area contributed by atoms with Gasteiger partial charge in [-0.1, -0.05) is 25.5 Å². The van der Waals surface area contributed by atoms with Gasteiger partial charge in [0.1, 0.15) is 0 Å². The van der Waals surface area contributed by atoms with Crippen molar-refractivity contribution in [2.75, 3.05) is 0 Å². The van der Waals surface area contributed by atoms with Crippen molar-refractivity contribution in [1.29, 1.82) is 0 Å². The summed E-state index contributed by atoms with van der Waals surface area (Å²) < 4.78 is 0. The molecule has 0 aromatic carbocycles. The maximum atomic E-state index is 11.7. The quantitative estimate of drug-likeness (QED) is 0.698. The molecule has 0 aromatic rings. The Labute approximate surface area is 104 Å². The summed E-state index contributed by atoms with van der Waals surface area (Å²) in [6.07, 6.45) is 5.74. The maximum Gasteiger partial charge on any atom is 0.158 e. The fourth-order valence-electron chi connectivity index (χ4n) is 2.08. The number of Topliss-reactive ketones (excluding diaryl/α,β-unsaturated/α-hetero) is 1. The van der Waals surface area contributed by atoms with E-state index in [1.54, 1.807) is 6.08 Å². The van der Waals surface area contributed by atoms with Crippen LogP contribution in [0.5, 0.6) is 0 Å². The van der Waals surface area contributed by atoms with Crippen LogP contribution in [0.1, 0.15) is 47.0 Å². The van der Waals surface area contributed by atoms with Crippen LogP contribution in [0.15, 0.2) is 23.3 Å². The lowest BCUT2D eigenvalue weighted by Crippen LogP contribution is -2.16. The van der Waals surface area contributed by atoms with Crippen LogP contribution in [0, 0.1) is 11.8 Å². The molecule has 0 aliphatic heterocycles. The monoisotopic (exact) mass is 234 g/mol. The Bertz CT molecular complexity index is 372. The Morgan fingerprint density at radius 3 is 2.71 bits per heavy atom. The van der Waals surface area contributed by atoms with E-state index in [-0.39, 0.29) is 17.5 Å². The van der Waals surface area contributed by atoms with Crippen LogP contribution in [0.4, 0.5) is 0 Å². The highest BCUT2D eigenvalue weighted by Gasteiger charge is 2.20. The van der Waals surface area contributed by atoms with Crippen molar-refractivity contribution in [2.45, 2.75) is 47.0 Å². The molecule has 0 saturated heterocycles. The van der Waals surface area contributed by atoms with Gasteiger partial charge in [-0.25, -0.2) is 0 Å². The number of carbonyl (C=O) groups is 2. The fraction of sp³-hybridized carbons (Fsp3) is 0.600. The van der Waals surface area contributed by atoms with Crippen LogP contribution in [-0.4, -0.2) is 11.6 Å². The van der Waals surface area contributed by atoms with E-state index in [0.29, 0.717) is 18.8 Å². The van der Waals surface area contributed by atoms with E-state index in [1.807, 2.05) is 33.8 Å². The summed E-state index contributed by atoms with van der Waals surface area (Å²) in [6.45, 7) is 7.90. The molecule has 0 aromatic heterocycles. The molecule has 0 spiro atoms. The van der Waals surface area contributed by atoms with Gasteiger partial charge in [-0.3, -0.25) is 9.59 Å². The molecular formula is C15H22O2. The fourth-order valence-corrected chi connectivity index (χ4v) is 2.08. The van der Waals surface area contributed by atoms with Gasteiger partial charge in [-0.05, 0) is 43.8 Å². The van der Waals surface area contributed by atoms with Crippen LogP contribution in [0.3, 0.4) is 0 Å². The molecule has 1 rings (SSSR count). The van der Waals surface area contributed by atoms with Gasteiger partial charge >= 0.3 is 0 Å². The average Bonchev–Trinajstić information content (AvgIpc) is 2.20. The van der Waals surface area contributed by atoms with E-state index in [2.05, 4.69) is 0 Å². The first-order chi connectivity index (χ1) is 7.90. The van der Waals surface area contributed by atoms with Gasteiger partial charge in [0.15, 0.2) is 11.6 Å². The average molecular weight is 234 g/mol. The van der Waals surface area contributed by atoms with Gasteiger partial charge in [0.25, 0.3) is 0 Å². The molecule has 2 nitrogen and oxygen atoms in total. The topological polar surface area (TPSA) is 34.1 Å². The smallest absolute Gasteiger partial charge is 0.158 e. The number of hydrogen-bond donors (Lipinski definition) is 0. The number of allylic oxidation sites excluding steroid dienone is 4. The van der Waals surface area contributed by atoms with Crippen molar-refractivity contribution >= 4 is 11.6 Å². The highest BCUT2D eigenvalue weighted by atomic mass is 16.1. The molecule has 0 heterocycles. The van der Waals surface area contributed by atoms with Gasteiger partial charge < -0.3 is 0 Å². The molecule has 0 N–H and O–H groups in total. The Hall–Kier alpha value is -1.18. The summed E-state index contributed by atoms with van der Waals surface area (Å²) in [5, 5.41) is 0. The molecule has 0 bridgehead atoms. The number of hydrogen-bond acceptors (Lipinski definition) is 2. The molecule has 94 valence electrons. The molecule has 2 heteroatoms. The third kappa shape index (κ3) is 4.29. The highest BCUT2D eigenvalue weighted by molar-refractivity contribution is 5.96. The van der Waals surface area contributed by atoms with E-state index < -0.39 is 0 Å². The second kappa shape index (κ2) is 5.95. The maximum absolute atomic E-state index is 11.7. The number of rotatable bonds is 4. The Morgan fingerprint density at radius 1 is 1.53 bits per heavy atom. The van der Waals surface area contributed by atoms with Crippen LogP contribution in [-0.2, 0) is 9.59 Å². The Balaban J connectivity index is 2.65. The first-order valence-corrected chi connectivity index (χ1v) is 6.31. The van der Waals surface area contributed by atoms with Gasteiger partial charge in [0, 0.05) is 12.8 Å². The Morgan fingerprint density at radius 2 is 2.18 bits per heavy atom. The normalized spacial score (nSPS) is 21.7. The number of carbonyl (C=O) groups excluding carboxylic acids is 2. The van der Waals surface area contributed by atoms with Gasteiger partial charge in [-0.2, -0.15) is 0 Å². The predicted molar refractivity (Wildman–Crippen MR) is 69.7 cm³/mol. The first-order valence-electron chi connectivity index (χ1n) is 6.31. The third-order valence-electron chi connectivity index (χ3n) is 3.22.